The summed E-state index contributed by atoms with van der Waals surface area (Å²) in [5.41, 5.74) is 1.24. The van der Waals surface area contributed by atoms with Gasteiger partial charge in [-0.15, -0.1) is 0 Å². The van der Waals surface area contributed by atoms with Crippen LogP contribution in [-0.2, 0) is 22.4 Å². The van der Waals surface area contributed by atoms with Gasteiger partial charge >= 0.3 is 0 Å². The number of aryl methyl sites for hydroxylation is 2. The lowest BCUT2D eigenvalue weighted by molar-refractivity contribution is -0.120. The Morgan fingerprint density at radius 3 is 2.71 bits per heavy atom. The average molecular weight is 329 g/mol. The SMILES string of the molecule is CC(=O)N[C@@H](c1nc(CCc2ccccc2)no1)C1CCOCC1. The first-order chi connectivity index (χ1) is 11.7. The van der Waals surface area contributed by atoms with Crippen molar-refractivity contribution in [1.82, 2.24) is 15.5 Å². The van der Waals surface area contributed by atoms with Crippen LogP contribution in [0.4, 0.5) is 0 Å². The molecule has 1 fully saturated rings. The molecule has 128 valence electrons. The lowest BCUT2D eigenvalue weighted by Crippen LogP contribution is -2.35. The summed E-state index contributed by atoms with van der Waals surface area (Å²) in [6, 6.07) is 9.99. The fourth-order valence-corrected chi connectivity index (χ4v) is 3.05. The molecule has 1 N–H and O–H groups in total. The molecule has 1 atom stereocenters. The largest absolute Gasteiger partial charge is 0.381 e. The molecule has 0 radical (unpaired) electrons. The normalized spacial score (nSPS) is 16.7. The number of carbonyl (C=O) groups excluding carboxylic acids is 1. The topological polar surface area (TPSA) is 77.3 Å². The summed E-state index contributed by atoms with van der Waals surface area (Å²) in [5.74, 6) is 1.36. The van der Waals surface area contributed by atoms with E-state index in [1.807, 2.05) is 18.2 Å². The van der Waals surface area contributed by atoms with Crippen LogP contribution < -0.4 is 5.32 Å². The van der Waals surface area contributed by atoms with E-state index in [0.29, 0.717) is 31.3 Å². The lowest BCUT2D eigenvalue weighted by atomic mass is 9.91. The Labute approximate surface area is 141 Å². The summed E-state index contributed by atoms with van der Waals surface area (Å²) in [4.78, 5) is 16.1. The molecule has 1 aliphatic heterocycles. The second kappa shape index (κ2) is 8.06. The van der Waals surface area contributed by atoms with Gasteiger partial charge in [-0.2, -0.15) is 4.98 Å². The molecule has 1 amide bonds. The number of aromatic nitrogens is 2. The lowest BCUT2D eigenvalue weighted by Gasteiger charge is -2.28. The first-order valence-electron chi connectivity index (χ1n) is 8.43. The van der Waals surface area contributed by atoms with Gasteiger partial charge < -0.3 is 14.6 Å². The van der Waals surface area contributed by atoms with Crippen LogP contribution in [0.15, 0.2) is 34.9 Å². The van der Waals surface area contributed by atoms with Crippen LogP contribution in [0, 0.1) is 5.92 Å². The Hall–Kier alpha value is -2.21. The van der Waals surface area contributed by atoms with E-state index in [1.165, 1.54) is 12.5 Å². The van der Waals surface area contributed by atoms with E-state index in [9.17, 15) is 4.79 Å². The van der Waals surface area contributed by atoms with E-state index >= 15 is 0 Å². The molecule has 2 aromatic rings. The van der Waals surface area contributed by atoms with Crippen molar-refractivity contribution in [3.05, 3.63) is 47.6 Å². The van der Waals surface area contributed by atoms with Gasteiger partial charge in [-0.25, -0.2) is 0 Å². The third kappa shape index (κ3) is 4.41. The van der Waals surface area contributed by atoms with Gasteiger partial charge in [0.2, 0.25) is 11.8 Å². The molecule has 0 spiro atoms. The molecule has 1 aromatic heterocycles. The highest BCUT2D eigenvalue weighted by atomic mass is 16.5. The summed E-state index contributed by atoms with van der Waals surface area (Å²) in [6.45, 7) is 2.92. The average Bonchev–Trinajstić information content (AvgIpc) is 3.08. The van der Waals surface area contributed by atoms with Crippen LogP contribution in [-0.4, -0.2) is 29.3 Å². The third-order valence-corrected chi connectivity index (χ3v) is 4.33. The van der Waals surface area contributed by atoms with E-state index in [4.69, 9.17) is 9.26 Å². The first-order valence-corrected chi connectivity index (χ1v) is 8.43. The standard InChI is InChI=1S/C18H23N3O3/c1-13(22)19-17(15-9-11-23-12-10-15)18-20-16(21-24-18)8-7-14-5-3-2-4-6-14/h2-6,15,17H,7-12H2,1H3,(H,19,22)/t17-/m1/s1. The number of carbonyl (C=O) groups is 1. The summed E-state index contributed by atoms with van der Waals surface area (Å²) in [7, 11) is 0. The fourth-order valence-electron chi connectivity index (χ4n) is 3.05. The zero-order valence-electron chi connectivity index (χ0n) is 13.9. The van der Waals surface area contributed by atoms with Gasteiger partial charge in [-0.3, -0.25) is 4.79 Å². The maximum absolute atomic E-state index is 11.6. The minimum atomic E-state index is -0.232. The van der Waals surface area contributed by atoms with Crippen molar-refractivity contribution in [2.45, 2.75) is 38.6 Å². The van der Waals surface area contributed by atoms with Crippen molar-refractivity contribution in [2.24, 2.45) is 5.92 Å². The molecule has 0 aliphatic carbocycles. The van der Waals surface area contributed by atoms with E-state index in [1.54, 1.807) is 0 Å². The Kier molecular flexibility index (Phi) is 5.59. The fraction of sp³-hybridized carbons (Fsp3) is 0.500. The van der Waals surface area contributed by atoms with Crippen LogP contribution in [0.1, 0.15) is 43.1 Å². The number of rotatable bonds is 6. The highest BCUT2D eigenvalue weighted by Crippen LogP contribution is 2.29. The molecule has 6 nitrogen and oxygen atoms in total. The number of hydrogen-bond acceptors (Lipinski definition) is 5. The predicted molar refractivity (Wildman–Crippen MR) is 88.2 cm³/mol. The molecular weight excluding hydrogens is 306 g/mol. The van der Waals surface area contributed by atoms with Crippen molar-refractivity contribution < 1.29 is 14.1 Å². The van der Waals surface area contributed by atoms with Crippen LogP contribution in [0.2, 0.25) is 0 Å². The number of benzene rings is 1. The van der Waals surface area contributed by atoms with Crippen LogP contribution in [0.5, 0.6) is 0 Å². The zero-order valence-corrected chi connectivity index (χ0v) is 13.9. The molecule has 1 saturated heterocycles. The van der Waals surface area contributed by atoms with E-state index in [0.717, 1.165) is 19.3 Å². The molecule has 6 heteroatoms. The quantitative estimate of drug-likeness (QED) is 0.881. The van der Waals surface area contributed by atoms with Gasteiger partial charge in [0.1, 0.15) is 6.04 Å². The van der Waals surface area contributed by atoms with Gasteiger partial charge in [0, 0.05) is 26.6 Å². The van der Waals surface area contributed by atoms with E-state index < -0.39 is 0 Å². The van der Waals surface area contributed by atoms with Gasteiger partial charge in [0.05, 0.1) is 0 Å². The molecule has 1 aromatic carbocycles. The van der Waals surface area contributed by atoms with Gasteiger partial charge in [0.25, 0.3) is 0 Å². The van der Waals surface area contributed by atoms with Crippen molar-refractivity contribution in [3.8, 4) is 0 Å². The number of amides is 1. The smallest absolute Gasteiger partial charge is 0.249 e. The summed E-state index contributed by atoms with van der Waals surface area (Å²) < 4.78 is 10.9. The number of hydrogen-bond donors (Lipinski definition) is 1. The van der Waals surface area contributed by atoms with E-state index in [-0.39, 0.29) is 17.9 Å². The molecular formula is C18H23N3O3. The van der Waals surface area contributed by atoms with Crippen LogP contribution >= 0.6 is 0 Å². The molecule has 0 bridgehead atoms. The second-order valence-electron chi connectivity index (χ2n) is 6.16. The van der Waals surface area contributed by atoms with Crippen LogP contribution in [0.3, 0.4) is 0 Å². The zero-order chi connectivity index (χ0) is 16.8. The third-order valence-electron chi connectivity index (χ3n) is 4.33. The number of ether oxygens (including phenoxy) is 1. The Morgan fingerprint density at radius 1 is 1.25 bits per heavy atom. The van der Waals surface area contributed by atoms with Crippen LogP contribution in [0.25, 0.3) is 0 Å². The minimum Gasteiger partial charge on any atom is -0.381 e. The monoisotopic (exact) mass is 329 g/mol. The van der Waals surface area contributed by atoms with Crippen molar-refractivity contribution in [1.29, 1.82) is 0 Å². The Bertz CT molecular complexity index is 651. The molecule has 0 saturated carbocycles. The van der Waals surface area contributed by atoms with Gasteiger partial charge in [-0.1, -0.05) is 35.5 Å². The molecule has 0 unspecified atom stereocenters. The Morgan fingerprint density at radius 2 is 2.00 bits per heavy atom. The highest BCUT2D eigenvalue weighted by molar-refractivity contribution is 5.73. The van der Waals surface area contributed by atoms with Crippen molar-refractivity contribution >= 4 is 5.91 Å². The summed E-state index contributed by atoms with van der Waals surface area (Å²) in [6.07, 6.45) is 3.34. The Balaban J connectivity index is 1.67. The first kappa shape index (κ1) is 16.6. The maximum Gasteiger partial charge on any atom is 0.249 e. The molecule has 24 heavy (non-hydrogen) atoms. The molecule has 1 aliphatic rings. The van der Waals surface area contributed by atoms with Gasteiger partial charge in [-0.05, 0) is 30.7 Å². The molecule has 2 heterocycles. The van der Waals surface area contributed by atoms with Crippen molar-refractivity contribution in [3.63, 3.8) is 0 Å². The number of nitrogens with zero attached hydrogens (tertiary/aromatic N) is 2. The second-order valence-corrected chi connectivity index (χ2v) is 6.16. The molecule has 3 rings (SSSR count). The number of nitrogens with one attached hydrogen (secondary N) is 1. The predicted octanol–water partition coefficient (Wildman–Crippen LogP) is 2.46. The van der Waals surface area contributed by atoms with E-state index in [2.05, 4.69) is 27.6 Å². The van der Waals surface area contributed by atoms with Crippen molar-refractivity contribution in [2.75, 3.05) is 13.2 Å². The highest BCUT2D eigenvalue weighted by Gasteiger charge is 2.30. The van der Waals surface area contributed by atoms with Gasteiger partial charge in [0.15, 0.2) is 5.82 Å². The maximum atomic E-state index is 11.6. The summed E-state index contributed by atoms with van der Waals surface area (Å²) >= 11 is 0. The summed E-state index contributed by atoms with van der Waals surface area (Å²) in [5, 5.41) is 7.05. The minimum absolute atomic E-state index is 0.0875.